The van der Waals surface area contributed by atoms with Crippen LogP contribution < -0.4 is 10.6 Å². The highest BCUT2D eigenvalue weighted by molar-refractivity contribution is 7.79. The fourth-order valence-corrected chi connectivity index (χ4v) is 1.23. The summed E-state index contributed by atoms with van der Waals surface area (Å²) in [5, 5.41) is 5.60. The molecule has 1 fully saturated rings. The molecule has 6 heteroatoms. The number of carbonyl (C=O) groups excluding carboxylic acids is 1. The largest absolute Gasteiger partial charge is 0.772 e. The van der Waals surface area contributed by atoms with Crippen LogP contribution in [0, 0.1) is 5.92 Å². The van der Waals surface area contributed by atoms with E-state index in [0.717, 1.165) is 13.1 Å². The minimum absolute atomic E-state index is 0.421. The monoisotopic (exact) mass is 191 g/mol. The van der Waals surface area contributed by atoms with Crippen LogP contribution >= 0.6 is 0 Å². The van der Waals surface area contributed by atoms with Crippen LogP contribution in [0.5, 0.6) is 0 Å². The quantitative estimate of drug-likeness (QED) is 0.514. The number of hydrogen-bond donors (Lipinski definition) is 2. The molecule has 0 bridgehead atoms. The summed E-state index contributed by atoms with van der Waals surface area (Å²) in [5.41, 5.74) is 0. The highest BCUT2D eigenvalue weighted by atomic mass is 32.2. The van der Waals surface area contributed by atoms with E-state index in [-0.39, 0.29) is 0 Å². The van der Waals surface area contributed by atoms with Gasteiger partial charge < -0.3 is 15.2 Å². The van der Waals surface area contributed by atoms with Gasteiger partial charge in [0.1, 0.15) is 0 Å². The Kier molecular flexibility index (Phi) is 3.64. The Labute approximate surface area is 73.2 Å². The molecule has 0 radical (unpaired) electrons. The minimum atomic E-state index is -2.27. The maximum Gasteiger partial charge on any atom is 0.231 e. The van der Waals surface area contributed by atoms with Crippen LogP contribution in [0.4, 0.5) is 0 Å². The van der Waals surface area contributed by atoms with Gasteiger partial charge in [-0.1, -0.05) is 0 Å². The normalized spacial score (nSPS) is 19.8. The zero-order valence-electron chi connectivity index (χ0n) is 6.54. The van der Waals surface area contributed by atoms with Gasteiger partial charge in [-0.05, 0) is 11.1 Å². The van der Waals surface area contributed by atoms with E-state index in [2.05, 4.69) is 10.6 Å². The van der Waals surface area contributed by atoms with Gasteiger partial charge in [0.15, 0.2) is 0 Å². The molecule has 1 unspecified atom stereocenters. The molecule has 12 heavy (non-hydrogen) atoms. The van der Waals surface area contributed by atoms with Crippen molar-refractivity contribution in [3.8, 4) is 0 Å². The van der Waals surface area contributed by atoms with Crippen molar-refractivity contribution in [3.05, 3.63) is 0 Å². The summed E-state index contributed by atoms with van der Waals surface area (Å²) in [6.07, 6.45) is 0. The van der Waals surface area contributed by atoms with Crippen molar-refractivity contribution in [3.63, 3.8) is 0 Å². The summed E-state index contributed by atoms with van der Waals surface area (Å²) in [6, 6.07) is 0. The molecule has 0 aliphatic carbocycles. The van der Waals surface area contributed by atoms with E-state index in [1.54, 1.807) is 0 Å². The third kappa shape index (κ3) is 3.29. The topological polar surface area (TPSA) is 81.3 Å². The lowest BCUT2D eigenvalue weighted by molar-refractivity contribution is -0.118. The Morgan fingerprint density at radius 2 is 2.33 bits per heavy atom. The lowest BCUT2D eigenvalue weighted by Crippen LogP contribution is -2.48. The van der Waals surface area contributed by atoms with Crippen LogP contribution in [0.25, 0.3) is 0 Å². The summed E-state index contributed by atoms with van der Waals surface area (Å²) < 4.78 is 20.1. The third-order valence-corrected chi connectivity index (χ3v) is 2.20. The summed E-state index contributed by atoms with van der Waals surface area (Å²) in [7, 11) is 0. The van der Waals surface area contributed by atoms with Crippen molar-refractivity contribution < 1.29 is 13.6 Å². The Bertz CT molecular complexity index is 193. The average Bonchev–Trinajstić information content (AvgIpc) is 1.81. The first-order valence-electron chi connectivity index (χ1n) is 3.72. The first kappa shape index (κ1) is 9.63. The Hall–Kier alpha value is -0.460. The van der Waals surface area contributed by atoms with Crippen LogP contribution in [-0.4, -0.2) is 40.1 Å². The highest BCUT2D eigenvalue weighted by Crippen LogP contribution is 1.99. The minimum Gasteiger partial charge on any atom is -0.772 e. The molecule has 1 aliphatic heterocycles. The zero-order chi connectivity index (χ0) is 8.97. The molecule has 0 aromatic carbocycles. The van der Waals surface area contributed by atoms with E-state index >= 15 is 0 Å². The lowest BCUT2D eigenvalue weighted by Gasteiger charge is -2.27. The molecule has 70 valence electrons. The van der Waals surface area contributed by atoms with Crippen LogP contribution in [0.1, 0.15) is 0 Å². The standard InChI is InChI=1S/C6H12N2O3S/c9-6(4-12(10)11)8-3-5-1-7-2-5/h5,7H,1-4H2,(H,8,9)(H,10,11)/p-1. The van der Waals surface area contributed by atoms with Gasteiger partial charge in [0, 0.05) is 25.6 Å². The van der Waals surface area contributed by atoms with Crippen LogP contribution in [0.3, 0.4) is 0 Å². The van der Waals surface area contributed by atoms with E-state index in [1.165, 1.54) is 0 Å². The third-order valence-electron chi connectivity index (χ3n) is 1.70. The summed E-state index contributed by atoms with van der Waals surface area (Å²) in [5.74, 6) is -0.385. The first-order valence-corrected chi connectivity index (χ1v) is 4.96. The van der Waals surface area contributed by atoms with E-state index < -0.39 is 22.7 Å². The van der Waals surface area contributed by atoms with Crippen molar-refractivity contribution in [1.29, 1.82) is 0 Å². The Morgan fingerprint density at radius 1 is 1.67 bits per heavy atom. The second-order valence-electron chi connectivity index (χ2n) is 2.78. The van der Waals surface area contributed by atoms with Crippen molar-refractivity contribution in [2.24, 2.45) is 5.92 Å². The number of amides is 1. The van der Waals surface area contributed by atoms with Crippen LogP contribution in [0.2, 0.25) is 0 Å². The van der Waals surface area contributed by atoms with Gasteiger partial charge in [-0.15, -0.1) is 0 Å². The highest BCUT2D eigenvalue weighted by Gasteiger charge is 2.16. The van der Waals surface area contributed by atoms with E-state index in [9.17, 15) is 13.6 Å². The summed E-state index contributed by atoms with van der Waals surface area (Å²) in [6.45, 7) is 2.38. The molecule has 2 N–H and O–H groups in total. The molecule has 0 aromatic rings. The van der Waals surface area contributed by atoms with Gasteiger partial charge in [-0.2, -0.15) is 0 Å². The van der Waals surface area contributed by atoms with Crippen molar-refractivity contribution >= 4 is 17.0 Å². The number of hydrogen-bond acceptors (Lipinski definition) is 4. The molecule has 0 aromatic heterocycles. The molecule has 1 saturated heterocycles. The molecule has 1 amide bonds. The van der Waals surface area contributed by atoms with Gasteiger partial charge in [-0.3, -0.25) is 9.00 Å². The van der Waals surface area contributed by atoms with Crippen molar-refractivity contribution in [2.45, 2.75) is 0 Å². The van der Waals surface area contributed by atoms with Gasteiger partial charge in [0.05, 0.1) is 5.75 Å². The predicted octanol–water partition coefficient (Wildman–Crippen LogP) is -1.80. The molecule has 1 atom stereocenters. The second kappa shape index (κ2) is 4.54. The summed E-state index contributed by atoms with van der Waals surface area (Å²) >= 11 is -2.27. The van der Waals surface area contributed by atoms with Crippen LogP contribution in [0.15, 0.2) is 0 Å². The van der Waals surface area contributed by atoms with Gasteiger partial charge in [0.25, 0.3) is 0 Å². The average molecular weight is 191 g/mol. The van der Waals surface area contributed by atoms with Crippen LogP contribution in [-0.2, 0) is 15.9 Å². The smallest absolute Gasteiger partial charge is 0.231 e. The summed E-state index contributed by atoms with van der Waals surface area (Å²) in [4.78, 5) is 10.8. The number of nitrogens with one attached hydrogen (secondary N) is 2. The maximum absolute atomic E-state index is 10.8. The molecule has 5 nitrogen and oxygen atoms in total. The fraction of sp³-hybridized carbons (Fsp3) is 0.833. The molecule has 0 spiro atoms. The van der Waals surface area contributed by atoms with E-state index in [4.69, 9.17) is 0 Å². The van der Waals surface area contributed by atoms with Gasteiger partial charge >= 0.3 is 0 Å². The maximum atomic E-state index is 10.8. The van der Waals surface area contributed by atoms with E-state index in [0.29, 0.717) is 12.5 Å². The van der Waals surface area contributed by atoms with E-state index in [1.807, 2.05) is 0 Å². The molecular formula is C6H11N2O3S-. The van der Waals surface area contributed by atoms with Crippen molar-refractivity contribution in [1.82, 2.24) is 10.6 Å². The lowest BCUT2D eigenvalue weighted by atomic mass is 10.0. The molecule has 0 saturated carbocycles. The molecule has 1 rings (SSSR count). The Balaban J connectivity index is 2.05. The predicted molar refractivity (Wildman–Crippen MR) is 43.2 cm³/mol. The molecule has 1 aliphatic rings. The Morgan fingerprint density at radius 3 is 2.75 bits per heavy atom. The fourth-order valence-electron chi connectivity index (χ4n) is 0.909. The molecule has 1 heterocycles. The van der Waals surface area contributed by atoms with Crippen molar-refractivity contribution in [2.75, 3.05) is 25.4 Å². The zero-order valence-corrected chi connectivity index (χ0v) is 7.36. The second-order valence-corrected chi connectivity index (χ2v) is 3.67. The SMILES string of the molecule is O=C(CS(=O)[O-])NCC1CNC1. The molecular weight excluding hydrogens is 180 g/mol. The van der Waals surface area contributed by atoms with Gasteiger partial charge in [-0.25, -0.2) is 0 Å². The number of rotatable bonds is 4. The van der Waals surface area contributed by atoms with Gasteiger partial charge in [0.2, 0.25) is 5.91 Å². The number of carbonyl (C=O) groups is 1. The first-order chi connectivity index (χ1) is 5.68.